The first-order valence-corrected chi connectivity index (χ1v) is 11.5. The fraction of sp³-hybridized carbons (Fsp3) is 0.385. The van der Waals surface area contributed by atoms with Gasteiger partial charge in [-0.05, 0) is 62.8 Å². The van der Waals surface area contributed by atoms with Crippen LogP contribution in [-0.4, -0.2) is 29.1 Å². The van der Waals surface area contributed by atoms with Gasteiger partial charge in [-0.2, -0.15) is 4.98 Å². The van der Waals surface area contributed by atoms with Gasteiger partial charge in [0.05, 0.1) is 12.3 Å². The van der Waals surface area contributed by atoms with Gasteiger partial charge >= 0.3 is 6.09 Å². The molecule has 0 aliphatic rings. The van der Waals surface area contributed by atoms with E-state index in [-0.39, 0.29) is 12.1 Å². The quantitative estimate of drug-likeness (QED) is 0.411. The third-order valence-electron chi connectivity index (χ3n) is 5.28. The molecule has 1 aromatic heterocycles. The van der Waals surface area contributed by atoms with Crippen LogP contribution < -0.4 is 15.2 Å². The standard InChI is InChI=1S/C26H33N3O4/c1-4-15-31-22-12-8-13-23(17-22)33-26(30)29(5-2)18-21-11-6-9-20(16-21)10-7-14-24-19(3)32-25(27)28-24/h6,8-9,11-13,16-17H,4-5,7,10,14-15,18H2,1-3H3,(H2,27,28). The number of hydrogen-bond acceptors (Lipinski definition) is 6. The molecule has 0 fully saturated rings. The number of nitrogens with two attached hydrogens (primary N) is 1. The number of rotatable bonds is 11. The molecule has 33 heavy (non-hydrogen) atoms. The van der Waals surface area contributed by atoms with E-state index in [4.69, 9.17) is 19.6 Å². The molecule has 7 nitrogen and oxygen atoms in total. The van der Waals surface area contributed by atoms with E-state index in [2.05, 4.69) is 17.1 Å². The molecule has 0 aliphatic heterocycles. The monoisotopic (exact) mass is 451 g/mol. The Bertz CT molecular complexity index is 1050. The van der Waals surface area contributed by atoms with Crippen molar-refractivity contribution in [2.45, 2.75) is 53.0 Å². The second kappa shape index (κ2) is 11.9. The minimum Gasteiger partial charge on any atom is -0.493 e. The molecule has 0 saturated carbocycles. The molecule has 0 atom stereocenters. The Morgan fingerprint density at radius 1 is 1.06 bits per heavy atom. The minimum atomic E-state index is -0.380. The molecule has 2 aromatic carbocycles. The van der Waals surface area contributed by atoms with Crippen molar-refractivity contribution in [2.75, 3.05) is 18.9 Å². The molecule has 176 valence electrons. The molecule has 1 amide bonds. The summed E-state index contributed by atoms with van der Waals surface area (Å²) in [5.74, 6) is 1.95. The lowest BCUT2D eigenvalue weighted by atomic mass is 10.0. The van der Waals surface area contributed by atoms with Crippen molar-refractivity contribution in [1.29, 1.82) is 0 Å². The smallest absolute Gasteiger partial charge is 0.415 e. The molecule has 0 saturated heterocycles. The highest BCUT2D eigenvalue weighted by atomic mass is 16.6. The zero-order chi connectivity index (χ0) is 23.6. The van der Waals surface area contributed by atoms with Gasteiger partial charge in [0.1, 0.15) is 17.3 Å². The molecular formula is C26H33N3O4. The Kier molecular flexibility index (Phi) is 8.75. The highest BCUT2D eigenvalue weighted by Gasteiger charge is 2.15. The number of carbonyl (C=O) groups is 1. The molecule has 0 spiro atoms. The molecule has 3 aromatic rings. The van der Waals surface area contributed by atoms with Crippen LogP contribution in [0.3, 0.4) is 0 Å². The number of hydrogen-bond donors (Lipinski definition) is 1. The van der Waals surface area contributed by atoms with Crippen LogP contribution in [0.15, 0.2) is 52.9 Å². The van der Waals surface area contributed by atoms with E-state index in [1.165, 1.54) is 5.56 Å². The average Bonchev–Trinajstić information content (AvgIpc) is 3.13. The van der Waals surface area contributed by atoms with Crippen molar-refractivity contribution in [3.8, 4) is 11.5 Å². The highest BCUT2D eigenvalue weighted by molar-refractivity contribution is 5.70. The van der Waals surface area contributed by atoms with Crippen LogP contribution in [0, 0.1) is 6.92 Å². The minimum absolute atomic E-state index is 0.219. The van der Waals surface area contributed by atoms with E-state index in [9.17, 15) is 4.79 Å². The van der Waals surface area contributed by atoms with E-state index < -0.39 is 0 Å². The van der Waals surface area contributed by atoms with Crippen molar-refractivity contribution >= 4 is 12.1 Å². The number of anilines is 1. The average molecular weight is 452 g/mol. The summed E-state index contributed by atoms with van der Waals surface area (Å²) in [4.78, 5) is 18.7. The lowest BCUT2D eigenvalue weighted by molar-refractivity contribution is 0.152. The lowest BCUT2D eigenvalue weighted by Gasteiger charge is -2.21. The van der Waals surface area contributed by atoms with Crippen LogP contribution in [-0.2, 0) is 19.4 Å². The zero-order valence-electron chi connectivity index (χ0n) is 19.7. The summed E-state index contributed by atoms with van der Waals surface area (Å²) in [7, 11) is 0. The summed E-state index contributed by atoms with van der Waals surface area (Å²) in [5.41, 5.74) is 8.80. The number of nitrogens with zero attached hydrogens (tertiary/aromatic N) is 2. The van der Waals surface area contributed by atoms with Gasteiger partial charge in [-0.1, -0.05) is 37.3 Å². The lowest BCUT2D eigenvalue weighted by Crippen LogP contribution is -2.32. The summed E-state index contributed by atoms with van der Waals surface area (Å²) < 4.78 is 16.5. The number of aryl methyl sites for hydroxylation is 3. The van der Waals surface area contributed by atoms with Crippen molar-refractivity contribution in [1.82, 2.24) is 9.88 Å². The molecule has 0 aliphatic carbocycles. The van der Waals surface area contributed by atoms with E-state index in [1.807, 2.05) is 45.0 Å². The Hall–Kier alpha value is -3.48. The first-order chi connectivity index (χ1) is 16.0. The molecular weight excluding hydrogens is 418 g/mol. The third-order valence-corrected chi connectivity index (χ3v) is 5.28. The summed E-state index contributed by atoms with van der Waals surface area (Å²) in [6.45, 7) is 7.52. The summed E-state index contributed by atoms with van der Waals surface area (Å²) in [6, 6.07) is 15.7. The molecule has 7 heteroatoms. The Morgan fingerprint density at radius 2 is 1.82 bits per heavy atom. The molecule has 0 bridgehead atoms. The fourth-order valence-electron chi connectivity index (χ4n) is 3.56. The van der Waals surface area contributed by atoms with Gasteiger partial charge in [0.25, 0.3) is 6.01 Å². The van der Waals surface area contributed by atoms with Crippen LogP contribution in [0.25, 0.3) is 0 Å². The summed E-state index contributed by atoms with van der Waals surface area (Å²) in [6.07, 6.45) is 3.19. The number of nitrogen functional groups attached to an aromatic ring is 1. The predicted molar refractivity (Wildman–Crippen MR) is 128 cm³/mol. The normalized spacial score (nSPS) is 10.8. The Labute approximate surface area is 195 Å². The van der Waals surface area contributed by atoms with Gasteiger partial charge in [-0.15, -0.1) is 0 Å². The van der Waals surface area contributed by atoms with Crippen molar-refractivity contribution in [2.24, 2.45) is 0 Å². The van der Waals surface area contributed by atoms with Gasteiger partial charge in [0.2, 0.25) is 0 Å². The van der Waals surface area contributed by atoms with Crippen LogP contribution in [0.4, 0.5) is 10.8 Å². The Morgan fingerprint density at radius 3 is 2.55 bits per heavy atom. The highest BCUT2D eigenvalue weighted by Crippen LogP contribution is 2.21. The van der Waals surface area contributed by atoms with E-state index in [0.717, 1.165) is 42.7 Å². The molecule has 2 N–H and O–H groups in total. The van der Waals surface area contributed by atoms with Gasteiger partial charge < -0.3 is 24.5 Å². The molecule has 0 radical (unpaired) electrons. The van der Waals surface area contributed by atoms with Gasteiger partial charge in [-0.25, -0.2) is 4.79 Å². The molecule has 0 unspecified atom stereocenters. The summed E-state index contributed by atoms with van der Waals surface area (Å²) >= 11 is 0. The Balaban J connectivity index is 1.56. The third kappa shape index (κ3) is 7.27. The van der Waals surface area contributed by atoms with Crippen molar-refractivity contribution in [3.63, 3.8) is 0 Å². The van der Waals surface area contributed by atoms with Crippen LogP contribution in [0.1, 0.15) is 49.3 Å². The number of aromatic nitrogens is 1. The van der Waals surface area contributed by atoms with E-state index >= 15 is 0 Å². The van der Waals surface area contributed by atoms with E-state index in [0.29, 0.717) is 31.2 Å². The maximum absolute atomic E-state index is 12.8. The number of ether oxygens (including phenoxy) is 2. The van der Waals surface area contributed by atoms with Crippen LogP contribution in [0.5, 0.6) is 11.5 Å². The second-order valence-corrected chi connectivity index (χ2v) is 7.93. The topological polar surface area (TPSA) is 90.8 Å². The zero-order valence-corrected chi connectivity index (χ0v) is 19.7. The van der Waals surface area contributed by atoms with E-state index in [1.54, 1.807) is 17.0 Å². The van der Waals surface area contributed by atoms with Crippen molar-refractivity contribution < 1.29 is 18.7 Å². The number of carbonyl (C=O) groups excluding carboxylic acids is 1. The van der Waals surface area contributed by atoms with Gasteiger partial charge in [0.15, 0.2) is 0 Å². The predicted octanol–water partition coefficient (Wildman–Crippen LogP) is 5.55. The number of benzene rings is 2. The molecule has 1 heterocycles. The SMILES string of the molecule is CCCOc1cccc(OC(=O)N(CC)Cc2cccc(CCCc3nc(N)oc3C)c2)c1. The number of amides is 1. The van der Waals surface area contributed by atoms with Crippen LogP contribution >= 0.6 is 0 Å². The largest absolute Gasteiger partial charge is 0.493 e. The van der Waals surface area contributed by atoms with Gasteiger partial charge in [0, 0.05) is 19.2 Å². The summed E-state index contributed by atoms with van der Waals surface area (Å²) in [5, 5.41) is 0. The number of oxazole rings is 1. The van der Waals surface area contributed by atoms with Crippen molar-refractivity contribution in [3.05, 3.63) is 71.1 Å². The second-order valence-electron chi connectivity index (χ2n) is 7.93. The molecule has 3 rings (SSSR count). The van der Waals surface area contributed by atoms with Crippen LogP contribution in [0.2, 0.25) is 0 Å². The fourth-order valence-corrected chi connectivity index (χ4v) is 3.56. The maximum atomic E-state index is 12.8. The maximum Gasteiger partial charge on any atom is 0.415 e. The first kappa shape index (κ1) is 24.2. The van der Waals surface area contributed by atoms with Gasteiger partial charge in [-0.3, -0.25) is 0 Å². The first-order valence-electron chi connectivity index (χ1n) is 11.5.